The van der Waals surface area contributed by atoms with Crippen LogP contribution in [0.15, 0.2) is 53.4 Å². The second-order valence-corrected chi connectivity index (χ2v) is 6.03. The molecule has 0 spiro atoms. The fourth-order valence-corrected chi connectivity index (χ4v) is 3.20. The molecule has 0 radical (unpaired) electrons. The number of non-ortho nitro benzene ring substituents is 1. The summed E-state index contributed by atoms with van der Waals surface area (Å²) in [6.45, 7) is 0. The zero-order valence-electron chi connectivity index (χ0n) is 13.0. The maximum absolute atomic E-state index is 12.6. The maximum Gasteiger partial charge on any atom is 0.298 e. The van der Waals surface area contributed by atoms with Crippen molar-refractivity contribution in [1.29, 1.82) is 0 Å². The van der Waals surface area contributed by atoms with Gasteiger partial charge in [0.25, 0.3) is 16.8 Å². The number of methoxy groups -OCH3 is 1. The average molecular weight is 356 g/mol. The Morgan fingerprint density at radius 2 is 1.92 bits per heavy atom. The van der Waals surface area contributed by atoms with E-state index in [1.165, 1.54) is 31.4 Å². The second kappa shape index (κ2) is 6.78. The van der Waals surface area contributed by atoms with Gasteiger partial charge in [-0.2, -0.15) is 0 Å². The molecule has 1 heterocycles. The molecular weight excluding hydrogens is 344 g/mol. The summed E-state index contributed by atoms with van der Waals surface area (Å²) in [5.41, 5.74) is 0.743. The summed E-state index contributed by atoms with van der Waals surface area (Å²) in [4.78, 5) is 36.5. The first-order valence-corrected chi connectivity index (χ1v) is 7.98. The molecule has 1 aliphatic heterocycles. The van der Waals surface area contributed by atoms with E-state index in [9.17, 15) is 19.7 Å². The summed E-state index contributed by atoms with van der Waals surface area (Å²) in [5.74, 6) is -0.0904. The minimum Gasteiger partial charge on any atom is -0.495 e. The third-order valence-corrected chi connectivity index (χ3v) is 4.37. The van der Waals surface area contributed by atoms with Crippen LogP contribution in [-0.4, -0.2) is 23.2 Å². The van der Waals surface area contributed by atoms with Gasteiger partial charge in [0.15, 0.2) is 0 Å². The molecule has 0 bridgehead atoms. The van der Waals surface area contributed by atoms with Gasteiger partial charge < -0.3 is 4.74 Å². The van der Waals surface area contributed by atoms with Crippen LogP contribution in [0, 0.1) is 10.1 Å². The number of nitrogens with zero attached hydrogens (tertiary/aromatic N) is 2. The molecule has 2 aromatic rings. The van der Waals surface area contributed by atoms with Crippen molar-refractivity contribution in [2.75, 3.05) is 12.0 Å². The summed E-state index contributed by atoms with van der Waals surface area (Å²) in [6.07, 6.45) is 1.47. The zero-order chi connectivity index (χ0) is 18.0. The molecule has 126 valence electrons. The van der Waals surface area contributed by atoms with Gasteiger partial charge in [-0.1, -0.05) is 24.3 Å². The Hall–Kier alpha value is -3.13. The van der Waals surface area contributed by atoms with Crippen LogP contribution in [0.3, 0.4) is 0 Å². The predicted octanol–water partition coefficient (Wildman–Crippen LogP) is 3.84. The molecule has 8 heteroatoms. The number of imide groups is 1. The molecule has 0 aromatic heterocycles. The van der Waals surface area contributed by atoms with Gasteiger partial charge in [0.05, 0.1) is 22.6 Å². The molecule has 0 N–H and O–H groups in total. The molecule has 2 amide bonds. The Bertz CT molecular complexity index is 909. The van der Waals surface area contributed by atoms with Crippen molar-refractivity contribution < 1.29 is 19.2 Å². The van der Waals surface area contributed by atoms with E-state index in [-0.39, 0.29) is 10.6 Å². The molecule has 2 aromatic carbocycles. The maximum atomic E-state index is 12.6. The third kappa shape index (κ3) is 3.24. The van der Waals surface area contributed by atoms with Crippen molar-refractivity contribution in [2.45, 2.75) is 0 Å². The smallest absolute Gasteiger partial charge is 0.298 e. The van der Waals surface area contributed by atoms with Crippen LogP contribution in [-0.2, 0) is 4.79 Å². The summed E-state index contributed by atoms with van der Waals surface area (Å²) >= 11 is 0.778. The monoisotopic (exact) mass is 356 g/mol. The molecule has 0 aliphatic carbocycles. The fourth-order valence-electron chi connectivity index (χ4n) is 2.37. The number of rotatable bonds is 4. The number of thioether (sulfide) groups is 1. The molecule has 0 unspecified atom stereocenters. The van der Waals surface area contributed by atoms with Gasteiger partial charge in [-0.3, -0.25) is 19.7 Å². The lowest BCUT2D eigenvalue weighted by molar-refractivity contribution is -0.384. The van der Waals surface area contributed by atoms with Crippen molar-refractivity contribution in [3.63, 3.8) is 0 Å². The van der Waals surface area contributed by atoms with Crippen molar-refractivity contribution >= 4 is 40.4 Å². The van der Waals surface area contributed by atoms with Crippen LogP contribution >= 0.6 is 11.8 Å². The fraction of sp³-hybridized carbons (Fsp3) is 0.0588. The van der Waals surface area contributed by atoms with E-state index in [4.69, 9.17) is 4.74 Å². The highest BCUT2D eigenvalue weighted by Gasteiger charge is 2.37. The largest absolute Gasteiger partial charge is 0.495 e. The van der Waals surface area contributed by atoms with Gasteiger partial charge >= 0.3 is 0 Å². The predicted molar refractivity (Wildman–Crippen MR) is 94.5 cm³/mol. The molecule has 1 fully saturated rings. The number of anilines is 1. The highest BCUT2D eigenvalue weighted by atomic mass is 32.2. The van der Waals surface area contributed by atoms with Gasteiger partial charge in [-0.15, -0.1) is 0 Å². The Morgan fingerprint density at radius 1 is 1.16 bits per heavy atom. The number of nitro benzene ring substituents is 1. The number of benzene rings is 2. The molecule has 1 aliphatic rings. The molecule has 3 rings (SSSR count). The minimum atomic E-state index is -0.516. The van der Waals surface area contributed by atoms with E-state index in [1.807, 2.05) is 0 Å². The normalized spacial score (nSPS) is 15.7. The minimum absolute atomic E-state index is 0.0855. The van der Waals surface area contributed by atoms with Crippen LogP contribution in [0.1, 0.15) is 5.56 Å². The van der Waals surface area contributed by atoms with Crippen LogP contribution < -0.4 is 9.64 Å². The van der Waals surface area contributed by atoms with Crippen molar-refractivity contribution in [2.24, 2.45) is 0 Å². The quantitative estimate of drug-likeness (QED) is 0.470. The summed E-state index contributed by atoms with van der Waals surface area (Å²) in [7, 11) is 1.46. The number of nitro groups is 1. The number of carbonyl (C=O) groups is 2. The lowest BCUT2D eigenvalue weighted by Gasteiger charge is -2.15. The Balaban J connectivity index is 1.96. The van der Waals surface area contributed by atoms with E-state index in [2.05, 4.69) is 0 Å². The van der Waals surface area contributed by atoms with Gasteiger partial charge in [0.2, 0.25) is 0 Å². The van der Waals surface area contributed by atoms with E-state index >= 15 is 0 Å². The first kappa shape index (κ1) is 16.7. The average Bonchev–Trinajstić information content (AvgIpc) is 2.88. The zero-order valence-corrected chi connectivity index (χ0v) is 13.9. The number of ether oxygens (including phenoxy) is 1. The van der Waals surface area contributed by atoms with Gasteiger partial charge in [-0.05, 0) is 35.5 Å². The third-order valence-electron chi connectivity index (χ3n) is 3.50. The highest BCUT2D eigenvalue weighted by Crippen LogP contribution is 2.39. The first-order valence-electron chi connectivity index (χ1n) is 7.16. The Labute approximate surface area is 147 Å². The van der Waals surface area contributed by atoms with E-state index < -0.39 is 16.1 Å². The lowest BCUT2D eigenvalue weighted by Crippen LogP contribution is -2.28. The van der Waals surface area contributed by atoms with E-state index in [0.29, 0.717) is 17.0 Å². The lowest BCUT2D eigenvalue weighted by atomic mass is 10.2. The first-order chi connectivity index (χ1) is 12.0. The Kier molecular flexibility index (Phi) is 4.53. The molecular formula is C17H12N2O5S. The van der Waals surface area contributed by atoms with Crippen LogP contribution in [0.25, 0.3) is 6.08 Å². The van der Waals surface area contributed by atoms with Crippen molar-refractivity contribution in [3.05, 3.63) is 69.1 Å². The van der Waals surface area contributed by atoms with Gasteiger partial charge in [0.1, 0.15) is 5.75 Å². The summed E-state index contributed by atoms with van der Waals surface area (Å²) in [6, 6.07) is 12.6. The number of hydrogen-bond donors (Lipinski definition) is 0. The summed E-state index contributed by atoms with van der Waals surface area (Å²) < 4.78 is 5.20. The SMILES string of the molecule is COc1ccccc1N1C(=O)S/C(=C/c2cccc([N+](=O)[O-])c2)C1=O. The topological polar surface area (TPSA) is 89.8 Å². The van der Waals surface area contributed by atoms with E-state index in [1.54, 1.807) is 30.3 Å². The molecule has 0 atom stereocenters. The number of carbonyl (C=O) groups excluding carboxylic acids is 2. The second-order valence-electron chi connectivity index (χ2n) is 5.04. The number of para-hydroxylation sites is 2. The molecule has 1 saturated heterocycles. The van der Waals surface area contributed by atoms with Crippen molar-refractivity contribution in [1.82, 2.24) is 0 Å². The molecule has 0 saturated carbocycles. The van der Waals surface area contributed by atoms with Crippen LogP contribution in [0.4, 0.5) is 16.2 Å². The van der Waals surface area contributed by atoms with E-state index in [0.717, 1.165) is 16.7 Å². The van der Waals surface area contributed by atoms with Gasteiger partial charge in [-0.25, -0.2) is 4.90 Å². The number of hydrogen-bond acceptors (Lipinski definition) is 6. The molecule has 25 heavy (non-hydrogen) atoms. The Morgan fingerprint density at radius 3 is 2.64 bits per heavy atom. The van der Waals surface area contributed by atoms with Crippen LogP contribution in [0.5, 0.6) is 5.75 Å². The van der Waals surface area contributed by atoms with Crippen molar-refractivity contribution in [3.8, 4) is 5.75 Å². The highest BCUT2D eigenvalue weighted by molar-refractivity contribution is 8.19. The number of amides is 2. The van der Waals surface area contributed by atoms with Gasteiger partial charge in [0, 0.05) is 12.1 Å². The molecule has 7 nitrogen and oxygen atoms in total. The standard InChI is InChI=1S/C17H12N2O5S/c1-24-14-8-3-2-7-13(14)18-16(20)15(25-17(18)21)10-11-5-4-6-12(9-11)19(22)23/h2-10H,1H3/b15-10+. The summed E-state index contributed by atoms with van der Waals surface area (Å²) in [5, 5.41) is 10.4. The van der Waals surface area contributed by atoms with Crippen LogP contribution in [0.2, 0.25) is 0 Å².